The highest BCUT2D eigenvalue weighted by molar-refractivity contribution is 14.1. The van der Waals surface area contributed by atoms with Gasteiger partial charge in [-0.1, -0.05) is 0 Å². The first kappa shape index (κ1) is 9.06. The summed E-state index contributed by atoms with van der Waals surface area (Å²) in [6.07, 6.45) is 0. The summed E-state index contributed by atoms with van der Waals surface area (Å²) in [4.78, 5) is 11.2. The lowest BCUT2D eigenvalue weighted by molar-refractivity contribution is -0.141. The molecule has 1 amide bonds. The van der Waals surface area contributed by atoms with Gasteiger partial charge in [0.15, 0.2) is 0 Å². The third-order valence-corrected chi connectivity index (χ3v) is 1.11. The standard InChI is InChI=1S/C4H6F2INO/c1-8(2)3(9)4(5,6)7/h1-2H3. The van der Waals surface area contributed by atoms with Gasteiger partial charge in [0.05, 0.1) is 0 Å². The average Bonchev–Trinajstić information content (AvgIpc) is 1.62. The number of hydrogen-bond donors (Lipinski definition) is 0. The van der Waals surface area contributed by atoms with Crippen molar-refractivity contribution in [1.82, 2.24) is 4.90 Å². The second kappa shape index (κ2) is 2.76. The third-order valence-electron chi connectivity index (χ3n) is 0.649. The Morgan fingerprint density at radius 1 is 1.56 bits per heavy atom. The number of amides is 1. The molecule has 0 atom stereocenters. The van der Waals surface area contributed by atoms with Crippen molar-refractivity contribution in [1.29, 1.82) is 0 Å². The fraction of sp³-hybridized carbons (Fsp3) is 0.750. The highest BCUT2D eigenvalue weighted by Crippen LogP contribution is 2.23. The first-order chi connectivity index (χ1) is 3.85. The maximum Gasteiger partial charge on any atom is 0.372 e. The van der Waals surface area contributed by atoms with E-state index in [1.807, 2.05) is 0 Å². The minimum atomic E-state index is -3.26. The fourth-order valence-electron chi connectivity index (χ4n) is 0.254. The molecule has 0 aliphatic rings. The van der Waals surface area contributed by atoms with Crippen molar-refractivity contribution >= 4 is 28.5 Å². The van der Waals surface area contributed by atoms with Crippen LogP contribution in [-0.4, -0.2) is 28.8 Å². The van der Waals surface area contributed by atoms with Gasteiger partial charge in [-0.3, -0.25) is 4.79 Å². The van der Waals surface area contributed by atoms with E-state index in [0.29, 0.717) is 0 Å². The summed E-state index contributed by atoms with van der Waals surface area (Å²) in [7, 11) is 2.57. The summed E-state index contributed by atoms with van der Waals surface area (Å²) in [6.45, 7) is 0. The van der Waals surface area contributed by atoms with Gasteiger partial charge in [0.25, 0.3) is 0 Å². The topological polar surface area (TPSA) is 20.3 Å². The van der Waals surface area contributed by atoms with Crippen LogP contribution in [0.25, 0.3) is 0 Å². The summed E-state index contributed by atoms with van der Waals surface area (Å²) < 4.78 is 20.7. The Kier molecular flexibility index (Phi) is 2.78. The van der Waals surface area contributed by atoms with Crippen LogP contribution in [0.4, 0.5) is 8.78 Å². The van der Waals surface area contributed by atoms with Crippen LogP contribution < -0.4 is 0 Å². The molecule has 0 saturated carbocycles. The van der Waals surface area contributed by atoms with Crippen molar-refractivity contribution < 1.29 is 13.6 Å². The molecule has 0 unspecified atom stereocenters. The molecule has 0 bridgehead atoms. The zero-order valence-electron chi connectivity index (χ0n) is 4.99. The lowest BCUT2D eigenvalue weighted by Gasteiger charge is -2.13. The van der Waals surface area contributed by atoms with Gasteiger partial charge in [-0.15, -0.1) is 0 Å². The van der Waals surface area contributed by atoms with Crippen LogP contribution in [-0.2, 0) is 4.79 Å². The van der Waals surface area contributed by atoms with Crippen molar-refractivity contribution in [2.45, 2.75) is 3.93 Å². The molecule has 0 heterocycles. The second-order valence-corrected chi connectivity index (χ2v) is 3.05. The van der Waals surface area contributed by atoms with Crippen molar-refractivity contribution in [2.24, 2.45) is 0 Å². The van der Waals surface area contributed by atoms with Crippen molar-refractivity contribution in [2.75, 3.05) is 14.1 Å². The van der Waals surface area contributed by atoms with E-state index in [9.17, 15) is 13.6 Å². The molecular formula is C4H6F2INO. The maximum absolute atomic E-state index is 12.0. The maximum atomic E-state index is 12.0. The molecule has 0 N–H and O–H groups in total. The first-order valence-corrected chi connectivity index (χ1v) is 3.22. The van der Waals surface area contributed by atoms with E-state index in [4.69, 9.17) is 0 Å². The van der Waals surface area contributed by atoms with E-state index in [1.54, 1.807) is 0 Å². The Hall–Kier alpha value is 0.0600. The molecule has 0 aromatic carbocycles. The van der Waals surface area contributed by atoms with E-state index >= 15 is 0 Å². The molecule has 0 aliphatic carbocycles. The van der Waals surface area contributed by atoms with Gasteiger partial charge in [-0.25, -0.2) is 0 Å². The minimum Gasteiger partial charge on any atom is -0.343 e. The molecule has 0 fully saturated rings. The second-order valence-electron chi connectivity index (χ2n) is 1.70. The van der Waals surface area contributed by atoms with Crippen molar-refractivity contribution in [3.05, 3.63) is 0 Å². The number of nitrogens with zero attached hydrogens (tertiary/aromatic N) is 1. The molecule has 5 heteroatoms. The SMILES string of the molecule is CN(C)C(=O)C(F)(F)I. The van der Waals surface area contributed by atoms with Gasteiger partial charge in [0.2, 0.25) is 0 Å². The monoisotopic (exact) mass is 249 g/mol. The molecule has 0 radical (unpaired) electrons. The van der Waals surface area contributed by atoms with Crippen molar-refractivity contribution in [3.8, 4) is 0 Å². The lowest BCUT2D eigenvalue weighted by Crippen LogP contribution is -2.34. The first-order valence-electron chi connectivity index (χ1n) is 2.14. The molecule has 0 aliphatic heterocycles. The van der Waals surface area contributed by atoms with Gasteiger partial charge < -0.3 is 4.90 Å². The molecule has 0 spiro atoms. The van der Waals surface area contributed by atoms with Crippen molar-refractivity contribution in [3.63, 3.8) is 0 Å². The third kappa shape index (κ3) is 2.92. The highest BCUT2D eigenvalue weighted by Gasteiger charge is 2.35. The van der Waals surface area contributed by atoms with Gasteiger partial charge in [0, 0.05) is 36.7 Å². The summed E-state index contributed by atoms with van der Waals surface area (Å²) in [5, 5.41) is 0. The van der Waals surface area contributed by atoms with E-state index < -0.39 is 9.84 Å². The molecule has 0 saturated heterocycles. The normalized spacial score (nSPS) is 11.2. The Labute approximate surface area is 65.3 Å². The average molecular weight is 249 g/mol. The highest BCUT2D eigenvalue weighted by atomic mass is 127. The minimum absolute atomic E-state index is 0.793. The largest absolute Gasteiger partial charge is 0.372 e. The zero-order valence-corrected chi connectivity index (χ0v) is 7.15. The molecule has 0 rings (SSSR count). The Bertz CT molecular complexity index is 120. The number of hydrogen-bond acceptors (Lipinski definition) is 1. The Morgan fingerprint density at radius 2 is 1.89 bits per heavy atom. The predicted molar refractivity (Wildman–Crippen MR) is 37.7 cm³/mol. The number of carbonyl (C=O) groups is 1. The van der Waals surface area contributed by atoms with Gasteiger partial charge >= 0.3 is 9.84 Å². The van der Waals surface area contributed by atoms with Gasteiger partial charge in [-0.05, 0) is 0 Å². The Balaban J connectivity index is 4.06. The molecular weight excluding hydrogens is 243 g/mol. The predicted octanol–water partition coefficient (Wildman–Crippen LogP) is 1.10. The molecule has 9 heavy (non-hydrogen) atoms. The van der Waals surface area contributed by atoms with Gasteiger partial charge in [-0.2, -0.15) is 8.78 Å². The summed E-state index contributed by atoms with van der Waals surface area (Å²) in [5.74, 6) is -1.18. The van der Waals surface area contributed by atoms with Gasteiger partial charge in [0.1, 0.15) is 0 Å². The van der Waals surface area contributed by atoms with E-state index in [2.05, 4.69) is 0 Å². The number of halogens is 3. The molecule has 0 aromatic rings. The van der Waals surface area contributed by atoms with E-state index in [-0.39, 0.29) is 0 Å². The van der Waals surface area contributed by atoms with Crippen LogP contribution in [0.3, 0.4) is 0 Å². The van der Waals surface area contributed by atoms with E-state index in [0.717, 1.165) is 27.5 Å². The van der Waals surface area contributed by atoms with Crippen LogP contribution in [0, 0.1) is 0 Å². The quantitative estimate of drug-likeness (QED) is 0.503. The number of rotatable bonds is 1. The Morgan fingerprint density at radius 3 is 1.89 bits per heavy atom. The number of carbonyl (C=O) groups excluding carboxylic acids is 1. The summed E-state index contributed by atoms with van der Waals surface area (Å²) in [5.41, 5.74) is 0. The molecule has 2 nitrogen and oxygen atoms in total. The van der Waals surface area contributed by atoms with E-state index in [1.165, 1.54) is 14.1 Å². The van der Waals surface area contributed by atoms with Crippen LogP contribution >= 0.6 is 22.6 Å². The smallest absolute Gasteiger partial charge is 0.343 e. The van der Waals surface area contributed by atoms with Crippen LogP contribution in [0.15, 0.2) is 0 Å². The van der Waals surface area contributed by atoms with Crippen LogP contribution in [0.2, 0.25) is 0 Å². The number of alkyl halides is 3. The fourth-order valence-corrected chi connectivity index (χ4v) is 0.736. The van der Waals surface area contributed by atoms with Crippen LogP contribution in [0.1, 0.15) is 0 Å². The summed E-state index contributed by atoms with van der Waals surface area (Å²) >= 11 is 0.793. The molecule has 0 aromatic heterocycles. The van der Waals surface area contributed by atoms with Crippen LogP contribution in [0.5, 0.6) is 0 Å². The lowest BCUT2D eigenvalue weighted by atomic mass is 10.6. The summed E-state index contributed by atoms with van der Waals surface area (Å²) in [6, 6.07) is 0. The molecule has 54 valence electrons. The zero-order chi connectivity index (χ0) is 7.65.